The molecule has 1 heterocycles. The second-order valence-electron chi connectivity index (χ2n) is 4.37. The van der Waals surface area contributed by atoms with Gasteiger partial charge in [-0.15, -0.1) is 11.3 Å². The molecule has 0 amide bonds. The van der Waals surface area contributed by atoms with Crippen molar-refractivity contribution in [1.29, 1.82) is 1.43 Å². The predicted octanol–water partition coefficient (Wildman–Crippen LogP) is 2.60. The normalized spacial score (nSPS) is 22.2. The number of carbonyl (C=O) groups is 1. The van der Waals surface area contributed by atoms with E-state index < -0.39 is 11.6 Å². The van der Waals surface area contributed by atoms with Crippen LogP contribution >= 0.6 is 11.3 Å². The fourth-order valence-corrected chi connectivity index (χ4v) is 3.37. The smallest absolute Gasteiger partial charge is 0.341 e. The highest BCUT2D eigenvalue weighted by Crippen LogP contribution is 2.41. The number of carboxylic acid groups (broad SMARTS) is 1. The SMILES string of the molecule is [3H]OC(=O)C(O)(c1cccs1)C1CCCCC1. The van der Waals surface area contributed by atoms with Crippen molar-refractivity contribution in [2.75, 3.05) is 0 Å². The molecule has 3 nitrogen and oxygen atoms in total. The van der Waals surface area contributed by atoms with Gasteiger partial charge < -0.3 is 10.2 Å². The van der Waals surface area contributed by atoms with Gasteiger partial charge in [0.15, 0.2) is 5.60 Å². The first-order chi connectivity index (χ1) is 8.19. The second-order valence-corrected chi connectivity index (χ2v) is 5.31. The molecule has 1 aromatic heterocycles. The Balaban J connectivity index is 2.32. The molecule has 0 radical (unpaired) electrons. The van der Waals surface area contributed by atoms with Crippen LogP contribution in [-0.2, 0) is 10.4 Å². The summed E-state index contributed by atoms with van der Waals surface area (Å²) in [6, 6.07) is 3.53. The molecular weight excluding hydrogens is 224 g/mol. The van der Waals surface area contributed by atoms with Crippen molar-refractivity contribution in [3.63, 3.8) is 0 Å². The molecule has 0 bridgehead atoms. The Kier molecular flexibility index (Phi) is 2.93. The Morgan fingerprint density at radius 1 is 1.50 bits per heavy atom. The van der Waals surface area contributed by atoms with Crippen LogP contribution in [0.4, 0.5) is 0 Å². The molecule has 1 unspecified atom stereocenters. The minimum absolute atomic E-state index is 0.132. The third-order valence-electron chi connectivity index (χ3n) is 3.40. The Bertz CT molecular complexity index is 373. The standard InChI is InChI=1S/C12H16O3S/c13-11(14)12(15,10-7-4-8-16-10)9-5-2-1-3-6-9/h4,7-9,15H,1-3,5-6H2,(H,13,14)/i/hT. The number of hydrogen-bond donors (Lipinski definition) is 2. The van der Waals surface area contributed by atoms with E-state index in [2.05, 4.69) is 5.11 Å². The zero-order valence-electron chi connectivity index (χ0n) is 10.0. The molecule has 4 heteroatoms. The van der Waals surface area contributed by atoms with Crippen LogP contribution in [0.25, 0.3) is 1.43 Å². The van der Waals surface area contributed by atoms with E-state index in [1.807, 2.05) is 5.38 Å². The number of rotatable bonds is 3. The Labute approximate surface area is 100 Å². The van der Waals surface area contributed by atoms with Crippen LogP contribution < -0.4 is 0 Å². The van der Waals surface area contributed by atoms with Gasteiger partial charge in [-0.25, -0.2) is 4.79 Å². The van der Waals surface area contributed by atoms with E-state index in [-0.39, 0.29) is 5.92 Å². The van der Waals surface area contributed by atoms with Crippen LogP contribution in [0.2, 0.25) is 0 Å². The molecule has 0 saturated heterocycles. The number of thiophene rings is 1. The number of aliphatic hydroxyl groups is 1. The van der Waals surface area contributed by atoms with E-state index in [1.165, 1.54) is 11.3 Å². The summed E-state index contributed by atoms with van der Waals surface area (Å²) in [6.07, 6.45) is 4.80. The first kappa shape index (κ1) is 10.3. The van der Waals surface area contributed by atoms with E-state index in [4.69, 9.17) is 1.43 Å². The van der Waals surface area contributed by atoms with Gasteiger partial charge in [-0.2, -0.15) is 0 Å². The fraction of sp³-hybridized carbons (Fsp3) is 0.583. The largest absolute Gasteiger partial charge is 0.479 e. The maximum Gasteiger partial charge on any atom is 0.341 e. The molecule has 1 saturated carbocycles. The van der Waals surface area contributed by atoms with Gasteiger partial charge in [0.05, 0.1) is 0 Å². The van der Waals surface area contributed by atoms with Crippen molar-refractivity contribution in [2.45, 2.75) is 37.7 Å². The third kappa shape index (κ3) is 1.87. The van der Waals surface area contributed by atoms with Crippen molar-refractivity contribution in [3.8, 4) is 0 Å². The van der Waals surface area contributed by atoms with Gasteiger partial charge in [0.2, 0.25) is 0 Å². The predicted molar refractivity (Wildman–Crippen MR) is 62.4 cm³/mol. The number of carboxylic acids is 1. The van der Waals surface area contributed by atoms with E-state index in [9.17, 15) is 9.90 Å². The molecule has 1 atom stereocenters. The molecule has 0 aliphatic heterocycles. The summed E-state index contributed by atoms with van der Waals surface area (Å²) in [5.74, 6) is -0.986. The lowest BCUT2D eigenvalue weighted by Gasteiger charge is -2.34. The first-order valence-corrected chi connectivity index (χ1v) is 6.51. The number of aliphatic carboxylic acids is 1. The number of hydrogen-bond acceptors (Lipinski definition) is 4. The van der Waals surface area contributed by atoms with Crippen molar-refractivity contribution in [3.05, 3.63) is 22.4 Å². The summed E-state index contributed by atoms with van der Waals surface area (Å²) in [4.78, 5) is 12.4. The molecule has 2 rings (SSSR count). The molecule has 0 aromatic carbocycles. The minimum atomic E-state index is -1.63. The topological polar surface area (TPSA) is 57.5 Å². The molecule has 1 aliphatic rings. The molecule has 1 aromatic rings. The van der Waals surface area contributed by atoms with Crippen molar-refractivity contribution in [2.24, 2.45) is 5.92 Å². The van der Waals surface area contributed by atoms with Gasteiger partial charge in [-0.3, -0.25) is 0 Å². The van der Waals surface area contributed by atoms with Gasteiger partial charge in [0.1, 0.15) is 0 Å². The summed E-state index contributed by atoms with van der Waals surface area (Å²) < 4.78 is 6.78. The minimum Gasteiger partial charge on any atom is -0.479 e. The Hall–Kier alpha value is -0.870. The Morgan fingerprint density at radius 3 is 2.81 bits per heavy atom. The van der Waals surface area contributed by atoms with Crippen LogP contribution in [0.3, 0.4) is 0 Å². The first-order valence-electron chi connectivity index (χ1n) is 6.04. The summed E-state index contributed by atoms with van der Waals surface area (Å²) in [6.45, 7) is 0. The quantitative estimate of drug-likeness (QED) is 0.856. The van der Waals surface area contributed by atoms with Crippen LogP contribution in [-0.4, -0.2) is 16.2 Å². The highest BCUT2D eigenvalue weighted by Gasteiger charge is 2.46. The monoisotopic (exact) mass is 242 g/mol. The maximum atomic E-state index is 11.8. The molecule has 1 fully saturated rings. The maximum absolute atomic E-state index is 11.8. The van der Waals surface area contributed by atoms with Gasteiger partial charge in [-0.1, -0.05) is 25.3 Å². The average molecular weight is 242 g/mol. The van der Waals surface area contributed by atoms with Crippen molar-refractivity contribution < 1.29 is 15.0 Å². The van der Waals surface area contributed by atoms with Gasteiger partial charge >= 0.3 is 5.97 Å². The molecule has 0 spiro atoms. The van der Waals surface area contributed by atoms with Crippen molar-refractivity contribution in [1.82, 2.24) is 0 Å². The average Bonchev–Trinajstić information content (AvgIpc) is 2.92. The van der Waals surface area contributed by atoms with Crippen molar-refractivity contribution >= 4 is 17.3 Å². The lowest BCUT2D eigenvalue weighted by molar-refractivity contribution is -0.168. The van der Waals surface area contributed by atoms with Gasteiger partial charge in [-0.05, 0) is 24.3 Å². The lowest BCUT2D eigenvalue weighted by Crippen LogP contribution is -2.43. The fourth-order valence-electron chi connectivity index (χ4n) is 2.48. The van der Waals surface area contributed by atoms with E-state index >= 15 is 0 Å². The zero-order valence-corrected chi connectivity index (χ0v) is 9.83. The second kappa shape index (κ2) is 4.55. The van der Waals surface area contributed by atoms with Crippen LogP contribution in [0, 0.1) is 5.92 Å². The summed E-state index contributed by atoms with van der Waals surface area (Å²) in [5.41, 5.74) is -1.63. The Morgan fingerprint density at radius 2 is 2.25 bits per heavy atom. The van der Waals surface area contributed by atoms with E-state index in [1.54, 1.807) is 12.1 Å². The van der Waals surface area contributed by atoms with Crippen LogP contribution in [0.15, 0.2) is 17.5 Å². The molecule has 1 aliphatic carbocycles. The lowest BCUT2D eigenvalue weighted by atomic mass is 9.76. The highest BCUT2D eigenvalue weighted by atomic mass is 32.1. The molecule has 88 valence electrons. The summed E-state index contributed by atoms with van der Waals surface area (Å²) >= 11 is 1.33. The summed E-state index contributed by atoms with van der Waals surface area (Å²) in [7, 11) is 0. The molecule has 2 N–H and O–H groups in total. The third-order valence-corrected chi connectivity index (χ3v) is 4.40. The molecule has 16 heavy (non-hydrogen) atoms. The summed E-state index contributed by atoms with van der Waals surface area (Å²) in [5, 5.41) is 16.6. The van der Waals surface area contributed by atoms with E-state index in [0.29, 0.717) is 4.88 Å². The zero-order chi connectivity index (χ0) is 12.3. The highest BCUT2D eigenvalue weighted by molar-refractivity contribution is 7.10. The van der Waals surface area contributed by atoms with Crippen LogP contribution in [0.5, 0.6) is 0 Å². The van der Waals surface area contributed by atoms with Gasteiger partial charge in [0.25, 0.3) is 1.43 Å². The van der Waals surface area contributed by atoms with E-state index in [0.717, 1.165) is 32.1 Å². The van der Waals surface area contributed by atoms with Crippen LogP contribution in [0.1, 0.15) is 37.0 Å². The van der Waals surface area contributed by atoms with Gasteiger partial charge in [0, 0.05) is 10.8 Å². The molecular formula is C12H16O3S.